The third kappa shape index (κ3) is 3.14. The van der Waals surface area contributed by atoms with Gasteiger partial charge in [-0.2, -0.15) is 4.39 Å². The first-order valence-corrected chi connectivity index (χ1v) is 5.92. The number of nitrogens with zero attached hydrogens (tertiary/aromatic N) is 1. The Labute approximate surface area is 122 Å². The van der Waals surface area contributed by atoms with Crippen LogP contribution in [0.25, 0.3) is 0 Å². The van der Waals surface area contributed by atoms with Crippen molar-refractivity contribution in [2.45, 2.75) is 0 Å². The number of pyridine rings is 1. The van der Waals surface area contributed by atoms with Crippen molar-refractivity contribution in [3.8, 4) is 0 Å². The Kier molecular flexibility index (Phi) is 4.13. The van der Waals surface area contributed by atoms with E-state index in [9.17, 15) is 18.4 Å². The lowest BCUT2D eigenvalue weighted by atomic mass is 10.1. The molecule has 8 heteroatoms. The third-order valence-electron chi connectivity index (χ3n) is 2.55. The Bertz CT molecular complexity index is 737. The lowest BCUT2D eigenvalue weighted by Gasteiger charge is -2.09. The second-order valence-corrected chi connectivity index (χ2v) is 4.35. The van der Waals surface area contributed by atoms with E-state index < -0.39 is 29.2 Å². The van der Waals surface area contributed by atoms with Crippen molar-refractivity contribution in [2.75, 3.05) is 5.32 Å². The maximum Gasteiger partial charge on any atom is 0.337 e. The van der Waals surface area contributed by atoms with E-state index in [0.29, 0.717) is 0 Å². The monoisotopic (exact) mass is 312 g/mol. The van der Waals surface area contributed by atoms with Crippen LogP contribution in [-0.2, 0) is 0 Å². The Balaban J connectivity index is 2.36. The number of carbonyl (C=O) groups is 2. The molecule has 0 unspecified atom stereocenters. The van der Waals surface area contributed by atoms with E-state index in [-0.39, 0.29) is 16.3 Å². The fourth-order valence-electron chi connectivity index (χ4n) is 1.59. The molecule has 0 fully saturated rings. The van der Waals surface area contributed by atoms with Crippen LogP contribution in [0.3, 0.4) is 0 Å². The summed E-state index contributed by atoms with van der Waals surface area (Å²) in [5.41, 5.74) is -0.951. The van der Waals surface area contributed by atoms with Gasteiger partial charge in [-0.05, 0) is 24.3 Å². The van der Waals surface area contributed by atoms with Crippen LogP contribution in [0.15, 0.2) is 30.5 Å². The zero-order chi connectivity index (χ0) is 15.6. The number of rotatable bonds is 3. The number of carboxylic acids is 1. The first kappa shape index (κ1) is 14.9. The second-order valence-electron chi connectivity index (χ2n) is 3.91. The minimum atomic E-state index is -1.42. The van der Waals surface area contributed by atoms with Gasteiger partial charge in [-0.3, -0.25) is 4.79 Å². The highest BCUT2D eigenvalue weighted by molar-refractivity contribution is 6.31. The average Bonchev–Trinajstić information content (AvgIpc) is 2.43. The van der Waals surface area contributed by atoms with Crippen molar-refractivity contribution in [3.05, 3.63) is 58.4 Å². The number of carboxylic acid groups (broad SMARTS) is 1. The molecule has 108 valence electrons. The van der Waals surface area contributed by atoms with Crippen LogP contribution in [0.1, 0.15) is 20.7 Å². The van der Waals surface area contributed by atoms with E-state index >= 15 is 0 Å². The van der Waals surface area contributed by atoms with Crippen LogP contribution in [0.4, 0.5) is 14.5 Å². The van der Waals surface area contributed by atoms with E-state index in [4.69, 9.17) is 16.7 Å². The highest BCUT2D eigenvalue weighted by atomic mass is 35.5. The zero-order valence-electron chi connectivity index (χ0n) is 10.2. The minimum Gasteiger partial charge on any atom is -0.478 e. The molecule has 0 saturated carbocycles. The number of amides is 1. The average molecular weight is 313 g/mol. The summed E-state index contributed by atoms with van der Waals surface area (Å²) >= 11 is 5.67. The van der Waals surface area contributed by atoms with E-state index in [1.807, 2.05) is 0 Å². The molecule has 0 radical (unpaired) electrons. The van der Waals surface area contributed by atoms with Crippen LogP contribution in [-0.4, -0.2) is 22.0 Å². The number of hydrogen-bond acceptors (Lipinski definition) is 3. The van der Waals surface area contributed by atoms with Crippen molar-refractivity contribution in [1.29, 1.82) is 0 Å². The molecule has 0 bridgehead atoms. The van der Waals surface area contributed by atoms with Gasteiger partial charge in [0.25, 0.3) is 5.91 Å². The Morgan fingerprint density at radius 1 is 1.19 bits per heavy atom. The van der Waals surface area contributed by atoms with E-state index in [1.165, 1.54) is 12.1 Å². The predicted octanol–water partition coefficient (Wildman–Crippen LogP) is 2.96. The Morgan fingerprint density at radius 2 is 1.90 bits per heavy atom. The van der Waals surface area contributed by atoms with Gasteiger partial charge in [0.15, 0.2) is 5.82 Å². The summed E-state index contributed by atoms with van der Waals surface area (Å²) in [7, 11) is 0. The molecular formula is C13H7ClF2N2O3. The van der Waals surface area contributed by atoms with Gasteiger partial charge in [-0.1, -0.05) is 11.6 Å². The number of hydrogen-bond donors (Lipinski definition) is 2. The normalized spacial score (nSPS) is 10.2. The molecule has 1 amide bonds. The van der Waals surface area contributed by atoms with Crippen LogP contribution >= 0.6 is 11.6 Å². The largest absolute Gasteiger partial charge is 0.478 e. The van der Waals surface area contributed by atoms with Crippen molar-refractivity contribution in [2.24, 2.45) is 0 Å². The third-order valence-corrected chi connectivity index (χ3v) is 2.79. The summed E-state index contributed by atoms with van der Waals surface area (Å²) in [6.45, 7) is 0. The number of anilines is 1. The summed E-state index contributed by atoms with van der Waals surface area (Å²) in [4.78, 5) is 26.0. The molecular weight excluding hydrogens is 306 g/mol. The molecule has 0 saturated heterocycles. The van der Waals surface area contributed by atoms with Crippen molar-refractivity contribution >= 4 is 29.2 Å². The fraction of sp³-hybridized carbons (Fsp3) is 0. The molecule has 1 heterocycles. The lowest BCUT2D eigenvalue weighted by Crippen LogP contribution is -2.17. The summed E-state index contributed by atoms with van der Waals surface area (Å²) < 4.78 is 26.4. The molecule has 1 aromatic carbocycles. The SMILES string of the molecule is O=C(O)c1cc(Cl)ccc1NC(=O)c1ccnc(F)c1F. The molecule has 0 aliphatic carbocycles. The van der Waals surface area contributed by atoms with Crippen LogP contribution in [0.2, 0.25) is 5.02 Å². The summed E-state index contributed by atoms with van der Waals surface area (Å²) in [6, 6.07) is 4.71. The highest BCUT2D eigenvalue weighted by Crippen LogP contribution is 2.22. The Morgan fingerprint density at radius 3 is 2.57 bits per heavy atom. The fourth-order valence-corrected chi connectivity index (χ4v) is 1.76. The van der Waals surface area contributed by atoms with Crippen molar-refractivity contribution < 1.29 is 23.5 Å². The second kappa shape index (κ2) is 5.84. The highest BCUT2D eigenvalue weighted by Gasteiger charge is 2.19. The van der Waals surface area contributed by atoms with Crippen molar-refractivity contribution in [1.82, 2.24) is 4.98 Å². The van der Waals surface area contributed by atoms with E-state index in [2.05, 4.69) is 10.3 Å². The molecule has 0 aliphatic heterocycles. The number of benzene rings is 1. The molecule has 2 rings (SSSR count). The molecule has 2 aromatic rings. The topological polar surface area (TPSA) is 79.3 Å². The van der Waals surface area contributed by atoms with Gasteiger partial charge < -0.3 is 10.4 Å². The lowest BCUT2D eigenvalue weighted by molar-refractivity contribution is 0.0698. The number of carbonyl (C=O) groups excluding carboxylic acids is 1. The number of halogens is 3. The number of aromatic nitrogens is 1. The van der Waals surface area contributed by atoms with E-state index in [0.717, 1.165) is 18.3 Å². The molecule has 0 spiro atoms. The predicted molar refractivity (Wildman–Crippen MR) is 70.5 cm³/mol. The van der Waals surface area contributed by atoms with Gasteiger partial charge in [0.2, 0.25) is 5.95 Å². The quantitative estimate of drug-likeness (QED) is 0.854. The van der Waals surface area contributed by atoms with E-state index in [1.54, 1.807) is 0 Å². The van der Waals surface area contributed by atoms with Gasteiger partial charge in [-0.25, -0.2) is 14.2 Å². The van der Waals surface area contributed by atoms with Gasteiger partial charge in [0.1, 0.15) is 0 Å². The van der Waals surface area contributed by atoms with Crippen LogP contribution in [0.5, 0.6) is 0 Å². The maximum absolute atomic E-state index is 13.4. The smallest absolute Gasteiger partial charge is 0.337 e. The Hall–Kier alpha value is -2.54. The maximum atomic E-state index is 13.4. The summed E-state index contributed by atoms with van der Waals surface area (Å²) in [5, 5.41) is 11.4. The molecule has 5 nitrogen and oxygen atoms in total. The first-order chi connectivity index (χ1) is 9.90. The summed E-state index contributed by atoms with van der Waals surface area (Å²) in [6.07, 6.45) is 0.924. The van der Waals surface area contributed by atoms with Gasteiger partial charge >= 0.3 is 5.97 Å². The standard InChI is InChI=1S/C13H7ClF2N2O3/c14-6-1-2-9(8(5-6)13(20)21)18-12(19)7-3-4-17-11(16)10(7)15/h1-5H,(H,18,19)(H,20,21). The minimum absolute atomic E-state index is 0.0893. The first-order valence-electron chi connectivity index (χ1n) is 5.54. The van der Waals surface area contributed by atoms with Crippen LogP contribution < -0.4 is 5.32 Å². The molecule has 0 aliphatic rings. The summed E-state index contributed by atoms with van der Waals surface area (Å²) in [5.74, 6) is -5.16. The number of nitrogens with one attached hydrogen (secondary N) is 1. The van der Waals surface area contributed by atoms with Crippen molar-refractivity contribution in [3.63, 3.8) is 0 Å². The zero-order valence-corrected chi connectivity index (χ0v) is 11.0. The molecule has 2 N–H and O–H groups in total. The molecule has 0 atom stereocenters. The van der Waals surface area contributed by atoms with Gasteiger partial charge in [-0.15, -0.1) is 0 Å². The molecule has 1 aromatic heterocycles. The van der Waals surface area contributed by atoms with Crippen LogP contribution in [0, 0.1) is 11.8 Å². The van der Waals surface area contributed by atoms with Gasteiger partial charge in [0.05, 0.1) is 16.8 Å². The molecule has 21 heavy (non-hydrogen) atoms. The number of aromatic carboxylic acids is 1. The van der Waals surface area contributed by atoms with Gasteiger partial charge in [0, 0.05) is 11.2 Å².